The average Bonchev–Trinajstić information content (AvgIpc) is 2.29. The van der Waals surface area contributed by atoms with Gasteiger partial charge in [-0.15, -0.1) is 0 Å². The van der Waals surface area contributed by atoms with Crippen molar-refractivity contribution in [2.24, 2.45) is 5.73 Å². The van der Waals surface area contributed by atoms with Gasteiger partial charge in [-0.1, -0.05) is 0 Å². The zero-order valence-corrected chi connectivity index (χ0v) is 9.78. The van der Waals surface area contributed by atoms with Crippen molar-refractivity contribution in [3.63, 3.8) is 0 Å². The third-order valence-corrected chi connectivity index (χ3v) is 5.07. The second-order valence-corrected chi connectivity index (χ2v) is 6.49. The summed E-state index contributed by atoms with van der Waals surface area (Å²) in [5.41, 5.74) is 6.12. The van der Waals surface area contributed by atoms with E-state index in [2.05, 4.69) is 9.97 Å². The number of aromatic nitrogens is 2. The van der Waals surface area contributed by atoms with Gasteiger partial charge >= 0.3 is 0 Å². The van der Waals surface area contributed by atoms with Crippen molar-refractivity contribution in [1.82, 2.24) is 9.97 Å². The van der Waals surface area contributed by atoms with E-state index in [1.165, 1.54) is 6.33 Å². The maximum absolute atomic E-state index is 11.7. The van der Waals surface area contributed by atoms with Crippen LogP contribution in [0.4, 0.5) is 0 Å². The molecule has 1 saturated heterocycles. The minimum absolute atomic E-state index is 0.115. The smallest absolute Gasteiger partial charge is 0.151 e. The standard InChI is InChI=1S/C10H15N3O2S/c11-6-10(9-4-12-8-13-5-9)2-1-3-16(14,15)7-10/h4-5,8H,1-3,6-7,11H2. The van der Waals surface area contributed by atoms with Crippen molar-refractivity contribution in [3.05, 3.63) is 24.3 Å². The number of nitrogens with two attached hydrogens (primary N) is 1. The van der Waals surface area contributed by atoms with Crippen molar-refractivity contribution in [3.8, 4) is 0 Å². The summed E-state index contributed by atoms with van der Waals surface area (Å²) in [6.45, 7) is 0.319. The summed E-state index contributed by atoms with van der Waals surface area (Å²) in [7, 11) is -2.99. The third kappa shape index (κ3) is 2.08. The minimum Gasteiger partial charge on any atom is -0.330 e. The second kappa shape index (κ2) is 4.10. The number of nitrogens with zero attached hydrogens (tertiary/aromatic N) is 2. The van der Waals surface area contributed by atoms with Crippen LogP contribution in [0.5, 0.6) is 0 Å². The van der Waals surface area contributed by atoms with Crippen LogP contribution in [0.1, 0.15) is 18.4 Å². The SMILES string of the molecule is NCC1(c2cncnc2)CCCS(=O)(=O)C1. The molecule has 2 N–H and O–H groups in total. The molecular formula is C10H15N3O2S. The van der Waals surface area contributed by atoms with Gasteiger partial charge in [0, 0.05) is 24.4 Å². The van der Waals surface area contributed by atoms with Crippen LogP contribution in [0, 0.1) is 0 Å². The first-order chi connectivity index (χ1) is 7.58. The van der Waals surface area contributed by atoms with Gasteiger partial charge in [-0.2, -0.15) is 0 Å². The lowest BCUT2D eigenvalue weighted by molar-refractivity contribution is 0.416. The molecule has 1 aliphatic heterocycles. The molecule has 0 radical (unpaired) electrons. The van der Waals surface area contributed by atoms with Crippen molar-refractivity contribution in [2.75, 3.05) is 18.1 Å². The van der Waals surface area contributed by atoms with Gasteiger partial charge in [0.25, 0.3) is 0 Å². The van der Waals surface area contributed by atoms with E-state index in [4.69, 9.17) is 5.73 Å². The fraction of sp³-hybridized carbons (Fsp3) is 0.600. The fourth-order valence-electron chi connectivity index (χ4n) is 2.28. The monoisotopic (exact) mass is 241 g/mol. The van der Waals surface area contributed by atoms with Gasteiger partial charge in [-0.3, -0.25) is 0 Å². The summed E-state index contributed by atoms with van der Waals surface area (Å²) < 4.78 is 23.4. The molecule has 0 aromatic carbocycles. The highest BCUT2D eigenvalue weighted by Gasteiger charge is 2.39. The molecule has 88 valence electrons. The van der Waals surface area contributed by atoms with Crippen LogP contribution in [-0.4, -0.2) is 36.4 Å². The van der Waals surface area contributed by atoms with E-state index >= 15 is 0 Å². The van der Waals surface area contributed by atoms with Crippen LogP contribution in [0.25, 0.3) is 0 Å². The second-order valence-electron chi connectivity index (χ2n) is 4.31. The first-order valence-corrected chi connectivity index (χ1v) is 7.06. The first-order valence-electron chi connectivity index (χ1n) is 5.24. The largest absolute Gasteiger partial charge is 0.330 e. The van der Waals surface area contributed by atoms with Crippen molar-refractivity contribution in [1.29, 1.82) is 0 Å². The van der Waals surface area contributed by atoms with E-state index in [9.17, 15) is 8.42 Å². The van der Waals surface area contributed by atoms with Gasteiger partial charge in [-0.25, -0.2) is 18.4 Å². The third-order valence-electron chi connectivity index (χ3n) is 3.17. The molecule has 1 unspecified atom stereocenters. The van der Waals surface area contributed by atoms with Gasteiger partial charge < -0.3 is 5.73 Å². The Kier molecular flexibility index (Phi) is 2.94. The Morgan fingerprint density at radius 1 is 1.38 bits per heavy atom. The fourth-order valence-corrected chi connectivity index (χ4v) is 4.27. The van der Waals surface area contributed by atoms with E-state index in [1.54, 1.807) is 12.4 Å². The molecule has 0 spiro atoms. The maximum Gasteiger partial charge on any atom is 0.151 e. The molecule has 1 aromatic heterocycles. The molecule has 0 saturated carbocycles. The first kappa shape index (κ1) is 11.5. The molecule has 1 fully saturated rings. The summed E-state index contributed by atoms with van der Waals surface area (Å²) in [5.74, 6) is 0.381. The molecule has 5 nitrogen and oxygen atoms in total. The van der Waals surface area contributed by atoms with Crippen molar-refractivity contribution < 1.29 is 8.42 Å². The van der Waals surface area contributed by atoms with Crippen LogP contribution < -0.4 is 5.73 Å². The van der Waals surface area contributed by atoms with Crippen LogP contribution in [0.15, 0.2) is 18.7 Å². The van der Waals surface area contributed by atoms with Gasteiger partial charge in [0.05, 0.1) is 11.5 Å². The Hall–Kier alpha value is -1.01. The summed E-state index contributed by atoms with van der Waals surface area (Å²) in [4.78, 5) is 7.88. The summed E-state index contributed by atoms with van der Waals surface area (Å²) in [6.07, 6.45) is 6.22. The topological polar surface area (TPSA) is 85.9 Å². The summed E-state index contributed by atoms with van der Waals surface area (Å²) >= 11 is 0. The van der Waals surface area contributed by atoms with Crippen LogP contribution in [0.3, 0.4) is 0 Å². The molecule has 0 amide bonds. The molecule has 2 heterocycles. The zero-order chi connectivity index (χ0) is 11.6. The highest BCUT2D eigenvalue weighted by atomic mass is 32.2. The quantitative estimate of drug-likeness (QED) is 0.780. The molecular weight excluding hydrogens is 226 g/mol. The van der Waals surface area contributed by atoms with E-state index in [0.717, 1.165) is 12.0 Å². The van der Waals surface area contributed by atoms with Gasteiger partial charge in [0.1, 0.15) is 6.33 Å². The predicted octanol–water partition coefficient (Wildman–Crippen LogP) is -0.118. The Morgan fingerprint density at radius 3 is 2.62 bits per heavy atom. The van der Waals surface area contributed by atoms with Crippen molar-refractivity contribution >= 4 is 9.84 Å². The number of rotatable bonds is 2. The van der Waals surface area contributed by atoms with Gasteiger partial charge in [0.2, 0.25) is 0 Å². The van der Waals surface area contributed by atoms with Gasteiger partial charge in [0.15, 0.2) is 9.84 Å². The molecule has 1 aliphatic rings. The minimum atomic E-state index is -2.99. The Bertz CT molecular complexity index is 460. The molecule has 16 heavy (non-hydrogen) atoms. The Balaban J connectivity index is 2.40. The maximum atomic E-state index is 11.7. The molecule has 0 aliphatic carbocycles. The molecule has 2 rings (SSSR count). The summed E-state index contributed by atoms with van der Waals surface area (Å²) in [5, 5.41) is 0. The van der Waals surface area contributed by atoms with Crippen LogP contribution in [0.2, 0.25) is 0 Å². The highest BCUT2D eigenvalue weighted by Crippen LogP contribution is 2.33. The molecule has 0 bridgehead atoms. The van der Waals surface area contributed by atoms with Crippen LogP contribution >= 0.6 is 0 Å². The normalized spacial score (nSPS) is 28.8. The number of sulfone groups is 1. The zero-order valence-electron chi connectivity index (χ0n) is 8.96. The lowest BCUT2D eigenvalue weighted by atomic mass is 9.79. The molecule has 1 aromatic rings. The molecule has 6 heteroatoms. The van der Waals surface area contributed by atoms with E-state index < -0.39 is 15.3 Å². The predicted molar refractivity (Wildman–Crippen MR) is 60.7 cm³/mol. The van der Waals surface area contributed by atoms with Crippen LogP contribution in [-0.2, 0) is 15.3 Å². The summed E-state index contributed by atoms with van der Waals surface area (Å²) in [6, 6.07) is 0. The Morgan fingerprint density at radius 2 is 2.06 bits per heavy atom. The lowest BCUT2D eigenvalue weighted by Gasteiger charge is -2.35. The average molecular weight is 241 g/mol. The number of hydrogen-bond donors (Lipinski definition) is 1. The van der Waals surface area contributed by atoms with E-state index in [1.807, 2.05) is 0 Å². The van der Waals surface area contributed by atoms with Crippen molar-refractivity contribution in [2.45, 2.75) is 18.3 Å². The van der Waals surface area contributed by atoms with E-state index in [-0.39, 0.29) is 11.5 Å². The lowest BCUT2D eigenvalue weighted by Crippen LogP contribution is -2.45. The number of hydrogen-bond acceptors (Lipinski definition) is 5. The van der Waals surface area contributed by atoms with E-state index in [0.29, 0.717) is 13.0 Å². The highest BCUT2D eigenvalue weighted by molar-refractivity contribution is 7.91. The van der Waals surface area contributed by atoms with Gasteiger partial charge in [-0.05, 0) is 18.4 Å². The molecule has 1 atom stereocenters. The Labute approximate surface area is 95.0 Å².